The van der Waals surface area contributed by atoms with Gasteiger partial charge < -0.3 is 10.1 Å². The largest absolute Gasteiger partial charge is 0.469 e. The summed E-state index contributed by atoms with van der Waals surface area (Å²) in [6, 6.07) is 9.94. The van der Waals surface area contributed by atoms with Gasteiger partial charge in [0.05, 0.1) is 4.92 Å². The molecule has 1 heterocycles. The van der Waals surface area contributed by atoms with Crippen LogP contribution in [-0.2, 0) is 6.42 Å². The number of hydrogen-bond donors (Lipinski definition) is 1. The zero-order valence-electron chi connectivity index (χ0n) is 14.1. The van der Waals surface area contributed by atoms with Gasteiger partial charge in [-0.25, -0.2) is 4.98 Å². The van der Waals surface area contributed by atoms with E-state index in [9.17, 15) is 10.1 Å². The maximum Gasteiger partial charge on any atom is 0.372 e. The average Bonchev–Trinajstić information content (AvgIpc) is 2.63. The highest BCUT2D eigenvalue weighted by atomic mass is 16.6. The summed E-state index contributed by atoms with van der Waals surface area (Å²) in [4.78, 5) is 19.1. The Morgan fingerprint density at radius 1 is 1.16 bits per heavy atom. The smallest absolute Gasteiger partial charge is 0.372 e. The van der Waals surface area contributed by atoms with Gasteiger partial charge in [-0.05, 0) is 37.7 Å². The Bertz CT molecular complexity index is 703. The Morgan fingerprint density at radius 3 is 2.64 bits per heavy atom. The number of benzene rings is 1. The van der Waals surface area contributed by atoms with Crippen molar-refractivity contribution in [2.45, 2.75) is 44.6 Å². The Labute approximate surface area is 146 Å². The van der Waals surface area contributed by atoms with Crippen molar-refractivity contribution in [3.05, 3.63) is 52.3 Å². The second kappa shape index (κ2) is 8.41. The number of ether oxygens (including phenoxy) is 1. The third kappa shape index (κ3) is 4.65. The normalized spacial score (nSPS) is 14.9. The number of nitro groups is 1. The summed E-state index contributed by atoms with van der Waals surface area (Å²) < 4.78 is 5.82. The number of nitrogens with zero attached hydrogens (tertiary/aromatic N) is 3. The average molecular weight is 342 g/mol. The molecule has 0 spiro atoms. The van der Waals surface area contributed by atoms with E-state index in [0.29, 0.717) is 6.54 Å². The summed E-state index contributed by atoms with van der Waals surface area (Å²) in [6.07, 6.45) is 7.27. The van der Waals surface area contributed by atoms with Gasteiger partial charge >= 0.3 is 5.69 Å². The molecule has 1 saturated carbocycles. The van der Waals surface area contributed by atoms with Crippen molar-refractivity contribution in [2.75, 3.05) is 11.9 Å². The minimum atomic E-state index is -0.469. The SMILES string of the molecule is O=[N+]([O-])c1c(NCCc2ccccc2)ncnc1OC1CCCCC1. The van der Waals surface area contributed by atoms with Crippen LogP contribution < -0.4 is 10.1 Å². The molecule has 1 aromatic carbocycles. The predicted octanol–water partition coefficient (Wildman–Crippen LogP) is 3.75. The van der Waals surface area contributed by atoms with Crippen LogP contribution in [0.5, 0.6) is 5.88 Å². The molecule has 0 aliphatic heterocycles. The Morgan fingerprint density at radius 2 is 1.92 bits per heavy atom. The van der Waals surface area contributed by atoms with Crippen molar-refractivity contribution in [1.82, 2.24) is 9.97 Å². The molecule has 1 aliphatic carbocycles. The van der Waals surface area contributed by atoms with E-state index in [1.54, 1.807) is 0 Å². The lowest BCUT2D eigenvalue weighted by molar-refractivity contribution is -0.385. The fraction of sp³-hybridized carbons (Fsp3) is 0.444. The van der Waals surface area contributed by atoms with Crippen molar-refractivity contribution in [3.8, 4) is 5.88 Å². The van der Waals surface area contributed by atoms with Gasteiger partial charge in [0.1, 0.15) is 12.4 Å². The quantitative estimate of drug-likeness (QED) is 0.609. The summed E-state index contributed by atoms with van der Waals surface area (Å²) in [6.45, 7) is 0.546. The van der Waals surface area contributed by atoms with Crippen LogP contribution in [0, 0.1) is 10.1 Å². The van der Waals surface area contributed by atoms with Gasteiger partial charge in [0.25, 0.3) is 5.88 Å². The topological polar surface area (TPSA) is 90.2 Å². The van der Waals surface area contributed by atoms with E-state index in [4.69, 9.17) is 4.74 Å². The minimum absolute atomic E-state index is 0.000446. The van der Waals surface area contributed by atoms with Gasteiger partial charge in [-0.3, -0.25) is 10.1 Å². The number of aromatic nitrogens is 2. The molecule has 2 aromatic rings. The zero-order chi connectivity index (χ0) is 17.5. The Kier molecular flexibility index (Phi) is 5.77. The van der Waals surface area contributed by atoms with Gasteiger partial charge in [0, 0.05) is 6.54 Å². The van der Waals surface area contributed by atoms with E-state index in [1.807, 2.05) is 30.3 Å². The molecule has 0 saturated heterocycles. The van der Waals surface area contributed by atoms with Crippen LogP contribution in [0.2, 0.25) is 0 Å². The first-order chi connectivity index (χ1) is 12.2. The van der Waals surface area contributed by atoms with E-state index >= 15 is 0 Å². The number of rotatable bonds is 7. The van der Waals surface area contributed by atoms with E-state index in [0.717, 1.165) is 37.7 Å². The van der Waals surface area contributed by atoms with Crippen LogP contribution in [-0.4, -0.2) is 27.5 Å². The fourth-order valence-electron chi connectivity index (χ4n) is 3.05. The molecule has 25 heavy (non-hydrogen) atoms. The van der Waals surface area contributed by atoms with Crippen LogP contribution in [0.4, 0.5) is 11.5 Å². The zero-order valence-corrected chi connectivity index (χ0v) is 14.1. The highest BCUT2D eigenvalue weighted by molar-refractivity contribution is 5.61. The summed E-state index contributed by atoms with van der Waals surface area (Å²) in [5.41, 5.74) is 0.978. The highest BCUT2D eigenvalue weighted by Crippen LogP contribution is 2.33. The van der Waals surface area contributed by atoms with E-state index in [2.05, 4.69) is 15.3 Å². The molecule has 1 aromatic heterocycles. The second-order valence-electron chi connectivity index (χ2n) is 6.17. The standard InChI is InChI=1S/C18H22N4O3/c23-22(24)16-17(19-12-11-14-7-3-1-4-8-14)20-13-21-18(16)25-15-9-5-2-6-10-15/h1,3-4,7-8,13,15H,2,5-6,9-12H2,(H,19,20,21). The number of anilines is 1. The van der Waals surface area contributed by atoms with Crippen LogP contribution in [0.15, 0.2) is 36.7 Å². The minimum Gasteiger partial charge on any atom is -0.469 e. The third-order valence-electron chi connectivity index (χ3n) is 4.35. The van der Waals surface area contributed by atoms with Gasteiger partial charge in [0.2, 0.25) is 5.82 Å². The van der Waals surface area contributed by atoms with Gasteiger partial charge in [-0.15, -0.1) is 0 Å². The molecule has 0 unspecified atom stereocenters. The first kappa shape index (κ1) is 17.1. The number of hydrogen-bond acceptors (Lipinski definition) is 6. The van der Waals surface area contributed by atoms with Crippen LogP contribution in [0.25, 0.3) is 0 Å². The van der Waals surface area contributed by atoms with Crippen LogP contribution >= 0.6 is 0 Å². The van der Waals surface area contributed by atoms with Crippen molar-refractivity contribution in [1.29, 1.82) is 0 Å². The molecular weight excluding hydrogens is 320 g/mol. The summed E-state index contributed by atoms with van der Waals surface area (Å²) >= 11 is 0. The molecule has 0 atom stereocenters. The van der Waals surface area contributed by atoms with Crippen LogP contribution in [0.1, 0.15) is 37.7 Å². The first-order valence-corrected chi connectivity index (χ1v) is 8.68. The molecule has 0 amide bonds. The lowest BCUT2D eigenvalue weighted by Crippen LogP contribution is -2.21. The number of nitrogens with one attached hydrogen (secondary N) is 1. The molecule has 0 radical (unpaired) electrons. The Hall–Kier alpha value is -2.70. The van der Waals surface area contributed by atoms with E-state index < -0.39 is 4.92 Å². The summed E-state index contributed by atoms with van der Waals surface area (Å²) in [7, 11) is 0. The molecule has 132 valence electrons. The third-order valence-corrected chi connectivity index (χ3v) is 4.35. The van der Waals surface area contributed by atoms with Crippen molar-refractivity contribution in [2.24, 2.45) is 0 Å². The molecular formula is C18H22N4O3. The molecule has 7 nitrogen and oxygen atoms in total. The molecule has 1 aliphatic rings. The summed E-state index contributed by atoms with van der Waals surface area (Å²) in [5.74, 6) is 0.274. The monoisotopic (exact) mass is 342 g/mol. The summed E-state index contributed by atoms with van der Waals surface area (Å²) in [5, 5.41) is 14.6. The van der Waals surface area contributed by atoms with Gasteiger partial charge in [-0.1, -0.05) is 36.8 Å². The maximum absolute atomic E-state index is 11.5. The molecule has 7 heteroatoms. The van der Waals surface area contributed by atoms with E-state index in [-0.39, 0.29) is 23.5 Å². The molecule has 1 fully saturated rings. The molecule has 0 bridgehead atoms. The molecule has 3 rings (SSSR count). The van der Waals surface area contributed by atoms with Crippen LogP contribution in [0.3, 0.4) is 0 Å². The molecule has 1 N–H and O–H groups in total. The van der Waals surface area contributed by atoms with Gasteiger partial charge in [0.15, 0.2) is 0 Å². The van der Waals surface area contributed by atoms with Gasteiger partial charge in [-0.2, -0.15) is 4.98 Å². The highest BCUT2D eigenvalue weighted by Gasteiger charge is 2.27. The first-order valence-electron chi connectivity index (χ1n) is 8.68. The second-order valence-corrected chi connectivity index (χ2v) is 6.17. The predicted molar refractivity (Wildman–Crippen MR) is 94.8 cm³/mol. The van der Waals surface area contributed by atoms with E-state index in [1.165, 1.54) is 12.7 Å². The van der Waals surface area contributed by atoms with Crippen molar-refractivity contribution >= 4 is 11.5 Å². The maximum atomic E-state index is 11.5. The Balaban J connectivity index is 1.69. The van der Waals surface area contributed by atoms with Crippen molar-refractivity contribution < 1.29 is 9.66 Å². The lowest BCUT2D eigenvalue weighted by Gasteiger charge is -2.22. The van der Waals surface area contributed by atoms with Crippen molar-refractivity contribution in [3.63, 3.8) is 0 Å². The fourth-order valence-corrected chi connectivity index (χ4v) is 3.05. The lowest BCUT2D eigenvalue weighted by atomic mass is 9.98.